The van der Waals surface area contributed by atoms with E-state index in [-0.39, 0.29) is 11.5 Å². The second-order valence-electron chi connectivity index (χ2n) is 4.75. The zero-order valence-corrected chi connectivity index (χ0v) is 10.4. The van der Waals surface area contributed by atoms with Crippen LogP contribution < -0.4 is 11.3 Å². The number of carbonyl (C=O) groups excluding carboxylic acids is 1. The summed E-state index contributed by atoms with van der Waals surface area (Å²) in [5, 5.41) is 0. The first kappa shape index (κ1) is 12.8. The number of likely N-dealkylation sites (tertiary alicyclic amines) is 1. The van der Waals surface area contributed by atoms with E-state index >= 15 is 0 Å². The lowest BCUT2D eigenvalue weighted by Gasteiger charge is -2.31. The number of pyridine rings is 1. The maximum absolute atomic E-state index is 12.2. The highest BCUT2D eigenvalue weighted by Crippen LogP contribution is 2.20. The summed E-state index contributed by atoms with van der Waals surface area (Å²) < 4.78 is 0. The number of aromatic nitrogens is 1. The molecule has 0 bridgehead atoms. The third-order valence-electron chi connectivity index (χ3n) is 3.50. The lowest BCUT2D eigenvalue weighted by Crippen LogP contribution is -2.39. The van der Waals surface area contributed by atoms with Crippen molar-refractivity contribution in [3.8, 4) is 0 Å². The molecule has 3 N–H and O–H groups in total. The van der Waals surface area contributed by atoms with Crippen molar-refractivity contribution >= 4 is 5.91 Å². The molecule has 1 amide bonds. The third-order valence-corrected chi connectivity index (χ3v) is 3.50. The number of H-pyrrole nitrogens is 1. The van der Waals surface area contributed by atoms with E-state index in [1.54, 1.807) is 6.07 Å². The number of carbonyl (C=O) groups is 1. The van der Waals surface area contributed by atoms with Gasteiger partial charge in [-0.05, 0) is 37.8 Å². The van der Waals surface area contributed by atoms with Gasteiger partial charge in [0.1, 0.15) is 0 Å². The van der Waals surface area contributed by atoms with Gasteiger partial charge in [-0.15, -0.1) is 0 Å². The van der Waals surface area contributed by atoms with Gasteiger partial charge in [0, 0.05) is 30.9 Å². The number of rotatable bonds is 3. The van der Waals surface area contributed by atoms with Gasteiger partial charge in [-0.3, -0.25) is 9.59 Å². The summed E-state index contributed by atoms with van der Waals surface area (Å²) >= 11 is 0. The molecular weight excluding hydrogens is 230 g/mol. The fourth-order valence-corrected chi connectivity index (χ4v) is 2.42. The predicted octanol–water partition coefficient (Wildman–Crippen LogP) is 0.576. The van der Waals surface area contributed by atoms with E-state index in [9.17, 15) is 9.59 Å². The summed E-state index contributed by atoms with van der Waals surface area (Å²) in [7, 11) is 0. The second-order valence-corrected chi connectivity index (χ2v) is 4.75. The number of nitrogens with zero attached hydrogens (tertiary/aromatic N) is 1. The zero-order chi connectivity index (χ0) is 13.0. The molecule has 2 rings (SSSR count). The Morgan fingerprint density at radius 3 is 2.78 bits per heavy atom. The molecule has 1 aliphatic heterocycles. The normalized spacial score (nSPS) is 16.8. The molecule has 5 nitrogen and oxygen atoms in total. The minimum atomic E-state index is -0.237. The summed E-state index contributed by atoms with van der Waals surface area (Å²) in [5.41, 5.74) is 5.77. The molecule has 0 aromatic carbocycles. The molecule has 0 spiro atoms. The Morgan fingerprint density at radius 2 is 2.17 bits per heavy atom. The topological polar surface area (TPSA) is 79.2 Å². The van der Waals surface area contributed by atoms with Gasteiger partial charge in [-0.1, -0.05) is 0 Å². The van der Waals surface area contributed by atoms with Gasteiger partial charge in [0.25, 0.3) is 5.91 Å². The standard InChI is InChI=1S/C13H19N3O2/c14-5-1-10-3-7-16(8-4-10)13(18)11-2-6-15-12(17)9-11/h2,6,9-10H,1,3-5,7-8,14H2,(H,15,17). The quantitative estimate of drug-likeness (QED) is 0.822. The van der Waals surface area contributed by atoms with Crippen LogP contribution in [0.2, 0.25) is 0 Å². The van der Waals surface area contributed by atoms with E-state index < -0.39 is 0 Å². The Bertz CT molecular complexity index is 461. The molecule has 0 unspecified atom stereocenters. The van der Waals surface area contributed by atoms with Crippen LogP contribution in [0, 0.1) is 5.92 Å². The third kappa shape index (κ3) is 2.98. The number of nitrogens with two attached hydrogens (primary N) is 1. The highest BCUT2D eigenvalue weighted by Gasteiger charge is 2.23. The SMILES string of the molecule is NCCC1CCN(C(=O)c2cc[nH]c(=O)c2)CC1. The molecular formula is C13H19N3O2. The van der Waals surface area contributed by atoms with E-state index in [4.69, 9.17) is 5.73 Å². The molecule has 18 heavy (non-hydrogen) atoms. The molecule has 0 radical (unpaired) electrons. The van der Waals surface area contributed by atoms with Gasteiger partial charge in [0.15, 0.2) is 0 Å². The van der Waals surface area contributed by atoms with Crippen LogP contribution in [-0.4, -0.2) is 35.4 Å². The Kier molecular flexibility index (Phi) is 4.15. The van der Waals surface area contributed by atoms with E-state index in [1.807, 2.05) is 4.90 Å². The molecule has 1 aromatic rings. The molecule has 98 valence electrons. The summed E-state index contributed by atoms with van der Waals surface area (Å²) in [6, 6.07) is 3.00. The molecule has 1 aliphatic rings. The number of hydrogen-bond acceptors (Lipinski definition) is 3. The monoisotopic (exact) mass is 249 g/mol. The Balaban J connectivity index is 1.97. The van der Waals surface area contributed by atoms with Crippen molar-refractivity contribution in [2.24, 2.45) is 11.7 Å². The highest BCUT2D eigenvalue weighted by atomic mass is 16.2. The van der Waals surface area contributed by atoms with Crippen LogP contribution in [-0.2, 0) is 0 Å². The van der Waals surface area contributed by atoms with Crippen molar-refractivity contribution in [2.75, 3.05) is 19.6 Å². The van der Waals surface area contributed by atoms with Gasteiger partial charge in [-0.2, -0.15) is 0 Å². The second kappa shape index (κ2) is 5.82. The van der Waals surface area contributed by atoms with Crippen molar-refractivity contribution in [3.05, 3.63) is 34.2 Å². The average Bonchev–Trinajstić information content (AvgIpc) is 2.39. The molecule has 5 heteroatoms. The van der Waals surface area contributed by atoms with Crippen molar-refractivity contribution in [2.45, 2.75) is 19.3 Å². The summed E-state index contributed by atoms with van der Waals surface area (Å²) in [6.07, 6.45) is 4.56. The lowest BCUT2D eigenvalue weighted by atomic mass is 9.93. The molecule has 0 atom stereocenters. The van der Waals surface area contributed by atoms with Gasteiger partial charge in [-0.25, -0.2) is 0 Å². The van der Waals surface area contributed by atoms with Crippen molar-refractivity contribution in [1.29, 1.82) is 0 Å². The van der Waals surface area contributed by atoms with Crippen LogP contribution in [0.25, 0.3) is 0 Å². The van der Waals surface area contributed by atoms with E-state index in [0.717, 1.165) is 32.4 Å². The van der Waals surface area contributed by atoms with Crippen LogP contribution in [0.5, 0.6) is 0 Å². The fourth-order valence-electron chi connectivity index (χ4n) is 2.42. The first-order valence-electron chi connectivity index (χ1n) is 6.39. The summed E-state index contributed by atoms with van der Waals surface area (Å²) in [5.74, 6) is 0.588. The highest BCUT2D eigenvalue weighted by molar-refractivity contribution is 5.94. The number of nitrogens with one attached hydrogen (secondary N) is 1. The smallest absolute Gasteiger partial charge is 0.254 e. The first-order chi connectivity index (χ1) is 8.70. The van der Waals surface area contributed by atoms with Crippen molar-refractivity contribution < 1.29 is 4.79 Å². The number of aromatic amines is 1. The maximum Gasteiger partial charge on any atom is 0.254 e. The molecule has 0 saturated carbocycles. The largest absolute Gasteiger partial charge is 0.339 e. The van der Waals surface area contributed by atoms with Crippen LogP contribution in [0.1, 0.15) is 29.6 Å². The molecule has 1 saturated heterocycles. The van der Waals surface area contributed by atoms with Gasteiger partial charge in [0.2, 0.25) is 5.56 Å². The first-order valence-corrected chi connectivity index (χ1v) is 6.39. The Labute approximate surface area is 106 Å². The predicted molar refractivity (Wildman–Crippen MR) is 69.4 cm³/mol. The molecule has 1 aromatic heterocycles. The summed E-state index contributed by atoms with van der Waals surface area (Å²) in [4.78, 5) is 27.7. The van der Waals surface area contributed by atoms with E-state index in [0.29, 0.717) is 18.0 Å². The maximum atomic E-state index is 12.2. The van der Waals surface area contributed by atoms with E-state index in [2.05, 4.69) is 4.98 Å². The van der Waals surface area contributed by atoms with E-state index in [1.165, 1.54) is 12.3 Å². The van der Waals surface area contributed by atoms with Gasteiger partial charge < -0.3 is 15.6 Å². The average molecular weight is 249 g/mol. The van der Waals surface area contributed by atoms with Crippen molar-refractivity contribution in [1.82, 2.24) is 9.88 Å². The van der Waals surface area contributed by atoms with Crippen LogP contribution >= 0.6 is 0 Å². The van der Waals surface area contributed by atoms with Crippen LogP contribution in [0.4, 0.5) is 0 Å². The Morgan fingerprint density at radius 1 is 1.44 bits per heavy atom. The minimum Gasteiger partial charge on any atom is -0.339 e. The number of piperidine rings is 1. The number of amides is 1. The zero-order valence-electron chi connectivity index (χ0n) is 10.4. The van der Waals surface area contributed by atoms with Crippen LogP contribution in [0.15, 0.2) is 23.1 Å². The van der Waals surface area contributed by atoms with Crippen LogP contribution in [0.3, 0.4) is 0 Å². The number of hydrogen-bond donors (Lipinski definition) is 2. The van der Waals surface area contributed by atoms with Gasteiger partial charge >= 0.3 is 0 Å². The molecule has 1 fully saturated rings. The molecule has 0 aliphatic carbocycles. The fraction of sp³-hybridized carbons (Fsp3) is 0.538. The minimum absolute atomic E-state index is 0.0488. The lowest BCUT2D eigenvalue weighted by molar-refractivity contribution is 0.0687. The Hall–Kier alpha value is -1.62. The van der Waals surface area contributed by atoms with Gasteiger partial charge in [0.05, 0.1) is 0 Å². The van der Waals surface area contributed by atoms with Crippen molar-refractivity contribution in [3.63, 3.8) is 0 Å². The summed E-state index contributed by atoms with van der Waals surface area (Å²) in [6.45, 7) is 2.24. The molecule has 2 heterocycles.